The first kappa shape index (κ1) is 19.5. The van der Waals surface area contributed by atoms with E-state index in [0.717, 1.165) is 53.1 Å². The molecule has 0 radical (unpaired) electrons. The number of pyridine rings is 2. The Kier molecular flexibility index (Phi) is 5.03. The van der Waals surface area contributed by atoms with E-state index in [-0.39, 0.29) is 5.91 Å². The summed E-state index contributed by atoms with van der Waals surface area (Å²) in [6.45, 7) is 1.48. The number of carbonyl (C=O) groups excluding carboxylic acids is 1. The van der Waals surface area contributed by atoms with Crippen LogP contribution in [0.15, 0.2) is 55.0 Å². The van der Waals surface area contributed by atoms with Crippen LogP contribution in [0.3, 0.4) is 0 Å². The first-order chi connectivity index (χ1) is 15.1. The molecule has 0 spiro atoms. The van der Waals surface area contributed by atoms with Crippen LogP contribution >= 0.6 is 0 Å². The number of ether oxygens (including phenoxy) is 1. The number of rotatable bonds is 7. The quantitative estimate of drug-likeness (QED) is 0.548. The van der Waals surface area contributed by atoms with Gasteiger partial charge in [-0.2, -0.15) is 0 Å². The number of nitrogens with one attached hydrogen (secondary N) is 2. The molecular weight excluding hydrogens is 392 g/mol. The minimum absolute atomic E-state index is 0.170. The summed E-state index contributed by atoms with van der Waals surface area (Å²) in [6.07, 6.45) is 7.65. The van der Waals surface area contributed by atoms with E-state index < -0.39 is 5.60 Å². The normalized spacial score (nSPS) is 15.6. The predicted octanol–water partition coefficient (Wildman–Crippen LogP) is 2.95. The smallest absolute Gasteiger partial charge is 0.251 e. The van der Waals surface area contributed by atoms with Gasteiger partial charge in [0.25, 0.3) is 5.91 Å². The molecule has 2 aromatic heterocycles. The topological polar surface area (TPSA) is 96.4 Å². The summed E-state index contributed by atoms with van der Waals surface area (Å²) in [5.41, 5.74) is 3.92. The number of benzene rings is 1. The van der Waals surface area contributed by atoms with Crippen molar-refractivity contribution < 1.29 is 14.6 Å². The average molecular weight is 416 g/mol. The number of aromatic nitrogens is 2. The lowest BCUT2D eigenvalue weighted by Crippen LogP contribution is -2.33. The lowest BCUT2D eigenvalue weighted by atomic mass is 10.0. The molecule has 5 rings (SSSR count). The molecule has 0 atom stereocenters. The fraction of sp³-hybridized carbons (Fsp3) is 0.292. The number of amides is 1. The Bertz CT molecular complexity index is 1110. The fourth-order valence-electron chi connectivity index (χ4n) is 3.75. The molecule has 1 aliphatic carbocycles. The summed E-state index contributed by atoms with van der Waals surface area (Å²) in [7, 11) is 0. The number of nitrogens with zero attached hydrogens (tertiary/aromatic N) is 2. The molecule has 1 saturated carbocycles. The Hall–Kier alpha value is -3.45. The summed E-state index contributed by atoms with van der Waals surface area (Å²) in [4.78, 5) is 21.1. The SMILES string of the molecule is O=C(NCC1(O)CC1)c1cccc(CNc2ncc(-c3ccncc3)c3c2CCO3)c1. The molecule has 3 N–H and O–H groups in total. The Balaban J connectivity index is 1.29. The Morgan fingerprint density at radius 1 is 1.19 bits per heavy atom. The van der Waals surface area contributed by atoms with Crippen LogP contribution in [0.5, 0.6) is 5.75 Å². The molecule has 2 aliphatic rings. The van der Waals surface area contributed by atoms with E-state index in [1.54, 1.807) is 18.5 Å². The van der Waals surface area contributed by atoms with Crippen LogP contribution in [-0.4, -0.2) is 39.7 Å². The third-order valence-electron chi connectivity index (χ3n) is 5.77. The number of hydrogen-bond donors (Lipinski definition) is 3. The zero-order valence-electron chi connectivity index (χ0n) is 17.1. The van der Waals surface area contributed by atoms with E-state index in [2.05, 4.69) is 20.6 Å². The van der Waals surface area contributed by atoms with E-state index in [9.17, 15) is 9.90 Å². The van der Waals surface area contributed by atoms with E-state index in [0.29, 0.717) is 25.3 Å². The van der Waals surface area contributed by atoms with Crippen molar-refractivity contribution in [3.8, 4) is 16.9 Å². The van der Waals surface area contributed by atoms with Crippen molar-refractivity contribution in [2.45, 2.75) is 31.4 Å². The van der Waals surface area contributed by atoms with Gasteiger partial charge in [-0.25, -0.2) is 4.98 Å². The van der Waals surface area contributed by atoms with Gasteiger partial charge in [0.2, 0.25) is 0 Å². The van der Waals surface area contributed by atoms with E-state index in [1.165, 1.54) is 0 Å². The number of aliphatic hydroxyl groups is 1. The highest BCUT2D eigenvalue weighted by molar-refractivity contribution is 5.94. The van der Waals surface area contributed by atoms with Crippen molar-refractivity contribution in [2.24, 2.45) is 0 Å². The van der Waals surface area contributed by atoms with Gasteiger partial charge in [0.05, 0.1) is 12.2 Å². The summed E-state index contributed by atoms with van der Waals surface area (Å²) in [5, 5.41) is 16.1. The van der Waals surface area contributed by atoms with Gasteiger partial charge < -0.3 is 20.5 Å². The fourth-order valence-corrected chi connectivity index (χ4v) is 3.75. The Morgan fingerprint density at radius 2 is 2.03 bits per heavy atom. The first-order valence-corrected chi connectivity index (χ1v) is 10.5. The van der Waals surface area contributed by atoms with Crippen LogP contribution in [0.4, 0.5) is 5.82 Å². The maximum Gasteiger partial charge on any atom is 0.251 e. The van der Waals surface area contributed by atoms with Crippen LogP contribution in [-0.2, 0) is 13.0 Å². The molecule has 0 bridgehead atoms. The second-order valence-electron chi connectivity index (χ2n) is 8.12. The molecule has 3 heterocycles. The molecule has 1 amide bonds. The first-order valence-electron chi connectivity index (χ1n) is 10.5. The molecule has 31 heavy (non-hydrogen) atoms. The highest BCUT2D eigenvalue weighted by atomic mass is 16.5. The molecule has 0 unspecified atom stereocenters. The summed E-state index contributed by atoms with van der Waals surface area (Å²) in [6, 6.07) is 11.4. The monoisotopic (exact) mass is 416 g/mol. The van der Waals surface area contributed by atoms with Gasteiger partial charge in [-0.1, -0.05) is 12.1 Å². The number of carbonyl (C=O) groups is 1. The van der Waals surface area contributed by atoms with Crippen molar-refractivity contribution in [3.63, 3.8) is 0 Å². The van der Waals surface area contributed by atoms with Gasteiger partial charge in [-0.05, 0) is 48.2 Å². The zero-order valence-corrected chi connectivity index (χ0v) is 17.1. The van der Waals surface area contributed by atoms with Crippen molar-refractivity contribution >= 4 is 11.7 Å². The number of anilines is 1. The standard InChI is InChI=1S/C24H24N4O3/c29-23(28-15-24(30)7-8-24)18-3-1-2-16(12-18)13-26-22-19-6-11-31-21(19)20(14-27-22)17-4-9-25-10-5-17/h1-5,9-10,12,14,30H,6-8,11,13,15H2,(H,26,27)(H,28,29). The Labute approximate surface area is 180 Å². The highest BCUT2D eigenvalue weighted by Crippen LogP contribution is 2.39. The van der Waals surface area contributed by atoms with Crippen LogP contribution in [0.25, 0.3) is 11.1 Å². The van der Waals surface area contributed by atoms with Gasteiger partial charge in [0.15, 0.2) is 0 Å². The minimum Gasteiger partial charge on any atom is -0.492 e. The van der Waals surface area contributed by atoms with E-state index in [4.69, 9.17) is 4.74 Å². The number of fused-ring (bicyclic) bond motifs is 1. The molecule has 158 valence electrons. The van der Waals surface area contributed by atoms with Gasteiger partial charge >= 0.3 is 0 Å². The van der Waals surface area contributed by atoms with Crippen molar-refractivity contribution in [1.82, 2.24) is 15.3 Å². The summed E-state index contributed by atoms with van der Waals surface area (Å²) < 4.78 is 5.91. The van der Waals surface area contributed by atoms with Gasteiger partial charge in [0, 0.05) is 54.8 Å². The predicted molar refractivity (Wildman–Crippen MR) is 117 cm³/mol. The second-order valence-corrected chi connectivity index (χ2v) is 8.12. The molecule has 3 aromatic rings. The zero-order chi connectivity index (χ0) is 21.3. The van der Waals surface area contributed by atoms with Gasteiger partial charge in [-0.3, -0.25) is 9.78 Å². The van der Waals surface area contributed by atoms with Crippen molar-refractivity contribution in [3.05, 3.63) is 71.7 Å². The summed E-state index contributed by atoms with van der Waals surface area (Å²) >= 11 is 0. The number of hydrogen-bond acceptors (Lipinski definition) is 6. The molecule has 7 nitrogen and oxygen atoms in total. The van der Waals surface area contributed by atoms with E-state index in [1.807, 2.05) is 36.5 Å². The van der Waals surface area contributed by atoms with Crippen LogP contribution in [0, 0.1) is 0 Å². The molecular formula is C24H24N4O3. The van der Waals surface area contributed by atoms with Crippen LogP contribution in [0.2, 0.25) is 0 Å². The molecule has 1 fully saturated rings. The maximum atomic E-state index is 12.4. The molecule has 0 saturated heterocycles. The van der Waals surface area contributed by atoms with Crippen LogP contribution < -0.4 is 15.4 Å². The second kappa shape index (κ2) is 8.00. The molecule has 1 aliphatic heterocycles. The lowest BCUT2D eigenvalue weighted by Gasteiger charge is -2.13. The van der Waals surface area contributed by atoms with Crippen molar-refractivity contribution in [2.75, 3.05) is 18.5 Å². The molecule has 1 aromatic carbocycles. The van der Waals surface area contributed by atoms with E-state index >= 15 is 0 Å². The highest BCUT2D eigenvalue weighted by Gasteiger charge is 2.40. The maximum absolute atomic E-state index is 12.4. The Morgan fingerprint density at radius 3 is 2.84 bits per heavy atom. The summed E-state index contributed by atoms with van der Waals surface area (Å²) in [5.74, 6) is 1.50. The lowest BCUT2D eigenvalue weighted by molar-refractivity contribution is 0.0896. The molecule has 7 heteroatoms. The van der Waals surface area contributed by atoms with Gasteiger partial charge in [-0.15, -0.1) is 0 Å². The van der Waals surface area contributed by atoms with Gasteiger partial charge in [0.1, 0.15) is 11.6 Å². The average Bonchev–Trinajstić information content (AvgIpc) is 3.34. The van der Waals surface area contributed by atoms with Crippen LogP contribution in [0.1, 0.15) is 34.3 Å². The third-order valence-corrected chi connectivity index (χ3v) is 5.77. The largest absolute Gasteiger partial charge is 0.492 e. The third kappa shape index (κ3) is 4.22. The van der Waals surface area contributed by atoms with Crippen molar-refractivity contribution in [1.29, 1.82) is 0 Å². The minimum atomic E-state index is -0.703.